The van der Waals surface area contributed by atoms with Crippen molar-refractivity contribution >= 4 is 17.3 Å². The molecular weight excluding hydrogens is 264 g/mol. The zero-order valence-corrected chi connectivity index (χ0v) is 12.4. The van der Waals surface area contributed by atoms with Gasteiger partial charge in [0, 0.05) is 32.7 Å². The van der Waals surface area contributed by atoms with Crippen molar-refractivity contribution in [2.45, 2.75) is 12.8 Å². The third kappa shape index (κ3) is 4.19. The minimum absolute atomic E-state index is 0.0172. The molecule has 3 rings (SSSR count). The highest BCUT2D eigenvalue weighted by atomic mass is 16.2. The van der Waals surface area contributed by atoms with Gasteiger partial charge in [-0.1, -0.05) is 12.1 Å². The van der Waals surface area contributed by atoms with Crippen molar-refractivity contribution in [1.82, 2.24) is 9.80 Å². The molecular formula is C16H24N4O. The van der Waals surface area contributed by atoms with Gasteiger partial charge in [-0.2, -0.15) is 0 Å². The van der Waals surface area contributed by atoms with E-state index in [2.05, 4.69) is 15.1 Å². The van der Waals surface area contributed by atoms with Gasteiger partial charge in [-0.25, -0.2) is 0 Å². The molecule has 1 aliphatic heterocycles. The average molecular weight is 288 g/mol. The molecule has 0 aromatic heterocycles. The lowest BCUT2D eigenvalue weighted by Crippen LogP contribution is -2.49. The summed E-state index contributed by atoms with van der Waals surface area (Å²) in [6.45, 7) is 5.82. The minimum Gasteiger partial charge on any atom is -0.397 e. The fourth-order valence-electron chi connectivity index (χ4n) is 2.80. The van der Waals surface area contributed by atoms with Crippen LogP contribution in [0, 0.1) is 5.92 Å². The number of nitrogens with two attached hydrogens (primary N) is 1. The number of amides is 1. The molecule has 1 heterocycles. The number of benzene rings is 1. The second-order valence-electron chi connectivity index (χ2n) is 6.16. The van der Waals surface area contributed by atoms with E-state index < -0.39 is 0 Å². The number of hydrogen-bond acceptors (Lipinski definition) is 4. The average Bonchev–Trinajstić information content (AvgIpc) is 3.28. The molecule has 0 bridgehead atoms. The fourth-order valence-corrected chi connectivity index (χ4v) is 2.80. The van der Waals surface area contributed by atoms with Crippen molar-refractivity contribution in [3.8, 4) is 0 Å². The first kappa shape index (κ1) is 14.4. The molecule has 1 aromatic rings. The molecule has 2 aliphatic rings. The summed E-state index contributed by atoms with van der Waals surface area (Å²) in [5.41, 5.74) is 7.15. The van der Waals surface area contributed by atoms with E-state index in [-0.39, 0.29) is 5.91 Å². The Bertz CT molecular complexity index is 493. The van der Waals surface area contributed by atoms with Crippen LogP contribution in [-0.2, 0) is 4.79 Å². The maximum Gasteiger partial charge on any atom is 0.238 e. The summed E-state index contributed by atoms with van der Waals surface area (Å²) in [7, 11) is 0. The van der Waals surface area contributed by atoms with E-state index in [9.17, 15) is 4.79 Å². The quantitative estimate of drug-likeness (QED) is 0.800. The number of carbonyl (C=O) groups is 1. The first-order valence-corrected chi connectivity index (χ1v) is 7.80. The highest BCUT2D eigenvalue weighted by Crippen LogP contribution is 2.29. The van der Waals surface area contributed by atoms with Gasteiger partial charge < -0.3 is 16.0 Å². The number of para-hydroxylation sites is 2. The smallest absolute Gasteiger partial charge is 0.238 e. The molecule has 2 fully saturated rings. The van der Waals surface area contributed by atoms with Gasteiger partial charge in [-0.3, -0.25) is 9.69 Å². The number of nitrogens with zero attached hydrogens (tertiary/aromatic N) is 2. The van der Waals surface area contributed by atoms with Gasteiger partial charge in [0.25, 0.3) is 0 Å². The van der Waals surface area contributed by atoms with Crippen LogP contribution in [0.1, 0.15) is 12.8 Å². The topological polar surface area (TPSA) is 61.6 Å². The number of carbonyl (C=O) groups excluding carboxylic acids is 1. The van der Waals surface area contributed by atoms with Crippen LogP contribution in [0.4, 0.5) is 11.4 Å². The number of nitrogen functional groups attached to an aromatic ring is 1. The van der Waals surface area contributed by atoms with E-state index in [4.69, 9.17) is 5.73 Å². The number of rotatable bonds is 5. The Kier molecular flexibility index (Phi) is 4.41. The van der Waals surface area contributed by atoms with Crippen LogP contribution < -0.4 is 11.1 Å². The molecule has 0 unspecified atom stereocenters. The summed E-state index contributed by atoms with van der Waals surface area (Å²) in [5.74, 6) is 0.962. The van der Waals surface area contributed by atoms with E-state index in [1.54, 1.807) is 6.07 Å². The van der Waals surface area contributed by atoms with Gasteiger partial charge in [-0.15, -0.1) is 0 Å². The van der Waals surface area contributed by atoms with E-state index in [0.29, 0.717) is 17.9 Å². The first-order chi connectivity index (χ1) is 10.2. The molecule has 21 heavy (non-hydrogen) atoms. The zero-order valence-electron chi connectivity index (χ0n) is 12.4. The molecule has 5 nitrogen and oxygen atoms in total. The van der Waals surface area contributed by atoms with Gasteiger partial charge in [0.1, 0.15) is 0 Å². The Morgan fingerprint density at radius 2 is 1.81 bits per heavy atom. The van der Waals surface area contributed by atoms with Crippen LogP contribution in [0.2, 0.25) is 0 Å². The predicted molar refractivity (Wildman–Crippen MR) is 85.1 cm³/mol. The highest BCUT2D eigenvalue weighted by Gasteiger charge is 2.26. The standard InChI is InChI=1S/C16H24N4O/c17-14-3-1-2-4-15(14)18-16(21)12-20-9-7-19(8-10-20)11-13-5-6-13/h1-4,13H,5-12,17H2,(H,18,21). The second kappa shape index (κ2) is 6.45. The number of anilines is 2. The predicted octanol–water partition coefficient (Wildman–Crippen LogP) is 1.23. The van der Waals surface area contributed by atoms with Crippen LogP contribution in [-0.4, -0.2) is 55.0 Å². The Balaban J connectivity index is 1.42. The first-order valence-electron chi connectivity index (χ1n) is 7.80. The lowest BCUT2D eigenvalue weighted by molar-refractivity contribution is -0.117. The van der Waals surface area contributed by atoms with Crippen molar-refractivity contribution in [1.29, 1.82) is 0 Å². The lowest BCUT2D eigenvalue weighted by Gasteiger charge is -2.34. The normalized spacial score (nSPS) is 20.4. The van der Waals surface area contributed by atoms with Gasteiger partial charge in [0.05, 0.1) is 17.9 Å². The zero-order chi connectivity index (χ0) is 14.7. The van der Waals surface area contributed by atoms with E-state index in [1.165, 1.54) is 19.4 Å². The molecule has 5 heteroatoms. The van der Waals surface area contributed by atoms with Gasteiger partial charge >= 0.3 is 0 Å². The Hall–Kier alpha value is -1.59. The molecule has 1 saturated heterocycles. The Morgan fingerprint density at radius 3 is 2.48 bits per heavy atom. The van der Waals surface area contributed by atoms with Crippen LogP contribution in [0.15, 0.2) is 24.3 Å². The molecule has 1 saturated carbocycles. The molecule has 1 aromatic carbocycles. The summed E-state index contributed by atoms with van der Waals surface area (Å²) >= 11 is 0. The number of piperazine rings is 1. The van der Waals surface area contributed by atoms with Crippen LogP contribution in [0.25, 0.3) is 0 Å². The maximum absolute atomic E-state index is 12.1. The minimum atomic E-state index is 0.0172. The summed E-state index contributed by atoms with van der Waals surface area (Å²) < 4.78 is 0. The van der Waals surface area contributed by atoms with E-state index >= 15 is 0 Å². The maximum atomic E-state index is 12.1. The molecule has 0 atom stereocenters. The lowest BCUT2D eigenvalue weighted by atomic mass is 10.2. The Labute approximate surface area is 126 Å². The van der Waals surface area contributed by atoms with Crippen molar-refractivity contribution < 1.29 is 4.79 Å². The van der Waals surface area contributed by atoms with Crippen molar-refractivity contribution in [3.05, 3.63) is 24.3 Å². The van der Waals surface area contributed by atoms with Crippen molar-refractivity contribution in [3.63, 3.8) is 0 Å². The monoisotopic (exact) mass is 288 g/mol. The van der Waals surface area contributed by atoms with Crippen LogP contribution in [0.3, 0.4) is 0 Å². The van der Waals surface area contributed by atoms with Gasteiger partial charge in [0.15, 0.2) is 0 Å². The summed E-state index contributed by atoms with van der Waals surface area (Å²) in [6.07, 6.45) is 2.81. The SMILES string of the molecule is Nc1ccccc1NC(=O)CN1CCN(CC2CC2)CC1. The van der Waals surface area contributed by atoms with Crippen molar-refractivity contribution in [2.24, 2.45) is 5.92 Å². The molecule has 0 radical (unpaired) electrons. The van der Waals surface area contributed by atoms with E-state index in [1.807, 2.05) is 18.2 Å². The summed E-state index contributed by atoms with van der Waals surface area (Å²) in [5, 5.41) is 2.89. The Morgan fingerprint density at radius 1 is 1.14 bits per heavy atom. The molecule has 1 amide bonds. The van der Waals surface area contributed by atoms with Gasteiger partial charge in [-0.05, 0) is 30.9 Å². The van der Waals surface area contributed by atoms with E-state index in [0.717, 1.165) is 32.1 Å². The largest absolute Gasteiger partial charge is 0.397 e. The van der Waals surface area contributed by atoms with Crippen molar-refractivity contribution in [2.75, 3.05) is 50.3 Å². The second-order valence-corrected chi connectivity index (χ2v) is 6.16. The van der Waals surface area contributed by atoms with Crippen LogP contribution in [0.5, 0.6) is 0 Å². The van der Waals surface area contributed by atoms with Crippen LogP contribution >= 0.6 is 0 Å². The number of nitrogens with one attached hydrogen (secondary N) is 1. The van der Waals surface area contributed by atoms with Gasteiger partial charge in [0.2, 0.25) is 5.91 Å². The fraction of sp³-hybridized carbons (Fsp3) is 0.562. The molecule has 114 valence electrons. The summed E-state index contributed by atoms with van der Waals surface area (Å²) in [6, 6.07) is 7.37. The molecule has 1 aliphatic carbocycles. The highest BCUT2D eigenvalue weighted by molar-refractivity contribution is 5.95. The third-order valence-electron chi connectivity index (χ3n) is 4.28. The molecule has 0 spiro atoms. The third-order valence-corrected chi connectivity index (χ3v) is 4.28. The summed E-state index contributed by atoms with van der Waals surface area (Å²) in [4.78, 5) is 16.8. The number of hydrogen-bond donors (Lipinski definition) is 2. The molecule has 3 N–H and O–H groups in total.